The fourth-order valence-corrected chi connectivity index (χ4v) is 5.02. The lowest BCUT2D eigenvalue weighted by molar-refractivity contribution is 0.0355. The van der Waals surface area contributed by atoms with Crippen LogP contribution in [-0.4, -0.2) is 75.7 Å². The van der Waals surface area contributed by atoms with Crippen LogP contribution in [0, 0.1) is 6.92 Å². The molecule has 0 bridgehead atoms. The lowest BCUT2D eigenvalue weighted by Crippen LogP contribution is -2.49. The van der Waals surface area contributed by atoms with Crippen molar-refractivity contribution in [1.29, 1.82) is 0 Å². The molecule has 2 aliphatic heterocycles. The highest BCUT2D eigenvalue weighted by Crippen LogP contribution is 2.24. The smallest absolute Gasteiger partial charge is 0.272 e. The van der Waals surface area contributed by atoms with Crippen molar-refractivity contribution in [1.82, 2.24) is 19.8 Å². The fourth-order valence-electron chi connectivity index (χ4n) is 4.70. The number of aliphatic hydroxyl groups is 1. The number of hydrogen-bond acceptors (Lipinski definition) is 6. The number of aromatic nitrogens is 2. The molecule has 2 saturated heterocycles. The first-order valence-electron chi connectivity index (χ1n) is 11.6. The Morgan fingerprint density at radius 1 is 1.09 bits per heavy atom. The quantitative estimate of drug-likeness (QED) is 0.639. The number of nitrogens with one attached hydrogen (secondary N) is 1. The van der Waals surface area contributed by atoms with E-state index in [1.165, 1.54) is 6.33 Å². The summed E-state index contributed by atoms with van der Waals surface area (Å²) in [7, 11) is 0. The maximum Gasteiger partial charge on any atom is 0.272 e. The number of likely N-dealkylation sites (tertiary alicyclic amines) is 2. The van der Waals surface area contributed by atoms with Gasteiger partial charge < -0.3 is 20.2 Å². The maximum atomic E-state index is 13.2. The van der Waals surface area contributed by atoms with E-state index < -0.39 is 0 Å². The normalized spacial score (nSPS) is 18.5. The van der Waals surface area contributed by atoms with Crippen molar-refractivity contribution in [2.45, 2.75) is 51.2 Å². The largest absolute Gasteiger partial charge is 0.393 e. The molecular weight excluding hydrogens is 461 g/mol. The van der Waals surface area contributed by atoms with Gasteiger partial charge in [-0.2, -0.15) is 0 Å². The zero-order chi connectivity index (χ0) is 23.4. The van der Waals surface area contributed by atoms with Crippen LogP contribution in [0.15, 0.2) is 24.5 Å². The van der Waals surface area contributed by atoms with Crippen LogP contribution in [0.4, 0.5) is 5.82 Å². The first-order chi connectivity index (χ1) is 15.9. The Kier molecular flexibility index (Phi) is 8.07. The third-order valence-electron chi connectivity index (χ3n) is 6.74. The van der Waals surface area contributed by atoms with E-state index in [4.69, 9.17) is 23.2 Å². The highest BCUT2D eigenvalue weighted by atomic mass is 35.5. The highest BCUT2D eigenvalue weighted by molar-refractivity contribution is 6.42. The van der Waals surface area contributed by atoms with Gasteiger partial charge in [0, 0.05) is 44.3 Å². The Labute approximate surface area is 205 Å². The molecule has 4 rings (SSSR count). The minimum Gasteiger partial charge on any atom is -0.393 e. The Morgan fingerprint density at radius 2 is 1.82 bits per heavy atom. The van der Waals surface area contributed by atoms with E-state index in [-0.39, 0.29) is 12.0 Å². The molecule has 9 heteroatoms. The summed E-state index contributed by atoms with van der Waals surface area (Å²) in [5, 5.41) is 14.1. The van der Waals surface area contributed by atoms with Gasteiger partial charge in [-0.25, -0.2) is 9.97 Å². The number of piperidine rings is 2. The third kappa shape index (κ3) is 5.96. The zero-order valence-corrected chi connectivity index (χ0v) is 20.4. The number of rotatable bonds is 6. The van der Waals surface area contributed by atoms with Crippen LogP contribution in [-0.2, 0) is 6.42 Å². The first kappa shape index (κ1) is 24.2. The molecule has 0 radical (unpaired) electrons. The van der Waals surface area contributed by atoms with Gasteiger partial charge in [0.1, 0.15) is 17.8 Å². The van der Waals surface area contributed by atoms with Crippen molar-refractivity contribution in [2.75, 3.05) is 38.0 Å². The molecule has 2 aliphatic rings. The second-order valence-corrected chi connectivity index (χ2v) is 9.73. The van der Waals surface area contributed by atoms with Gasteiger partial charge in [-0.1, -0.05) is 29.3 Å². The summed E-state index contributed by atoms with van der Waals surface area (Å²) in [4.78, 5) is 26.2. The predicted octanol–water partition coefficient (Wildman–Crippen LogP) is 3.81. The van der Waals surface area contributed by atoms with Crippen molar-refractivity contribution < 1.29 is 9.90 Å². The minimum atomic E-state index is -0.157. The van der Waals surface area contributed by atoms with Crippen LogP contribution < -0.4 is 5.32 Å². The van der Waals surface area contributed by atoms with Gasteiger partial charge in [-0.05, 0) is 56.7 Å². The molecule has 178 valence electrons. The van der Waals surface area contributed by atoms with Crippen LogP contribution >= 0.6 is 23.2 Å². The minimum absolute atomic E-state index is 0.0325. The van der Waals surface area contributed by atoms with Crippen molar-refractivity contribution >= 4 is 34.9 Å². The maximum absolute atomic E-state index is 13.2. The topological polar surface area (TPSA) is 81.6 Å². The average Bonchev–Trinajstić information content (AvgIpc) is 2.83. The monoisotopic (exact) mass is 491 g/mol. The van der Waals surface area contributed by atoms with Crippen LogP contribution in [0.5, 0.6) is 0 Å². The van der Waals surface area contributed by atoms with E-state index in [1.807, 2.05) is 24.0 Å². The van der Waals surface area contributed by atoms with E-state index in [1.54, 1.807) is 6.07 Å². The highest BCUT2D eigenvalue weighted by Gasteiger charge is 2.30. The summed E-state index contributed by atoms with van der Waals surface area (Å²) in [6, 6.07) is 6.10. The Balaban J connectivity index is 1.32. The number of hydrogen-bond donors (Lipinski definition) is 2. The van der Waals surface area contributed by atoms with Gasteiger partial charge in [0.25, 0.3) is 5.91 Å². The Morgan fingerprint density at radius 3 is 2.52 bits per heavy atom. The summed E-state index contributed by atoms with van der Waals surface area (Å²) in [5.41, 5.74) is 2.30. The molecule has 1 aromatic carbocycles. The molecule has 2 aromatic rings. The number of carbonyl (C=O) groups excluding carboxylic acids is 1. The number of nitrogens with zero attached hydrogens (tertiary/aromatic N) is 4. The van der Waals surface area contributed by atoms with Crippen molar-refractivity contribution in [2.24, 2.45) is 0 Å². The van der Waals surface area contributed by atoms with Gasteiger partial charge >= 0.3 is 0 Å². The van der Waals surface area contributed by atoms with E-state index in [0.717, 1.165) is 69.4 Å². The lowest BCUT2D eigenvalue weighted by atomic mass is 9.98. The van der Waals surface area contributed by atoms with Crippen LogP contribution in [0.25, 0.3) is 0 Å². The van der Waals surface area contributed by atoms with Crippen molar-refractivity contribution in [3.8, 4) is 0 Å². The first-order valence-corrected chi connectivity index (χ1v) is 12.4. The number of aliphatic hydroxyl groups excluding tert-OH is 1. The van der Waals surface area contributed by atoms with Gasteiger partial charge in [0.15, 0.2) is 0 Å². The van der Waals surface area contributed by atoms with Crippen LogP contribution in [0.2, 0.25) is 10.0 Å². The summed E-state index contributed by atoms with van der Waals surface area (Å²) >= 11 is 12.1. The number of amides is 1. The van der Waals surface area contributed by atoms with E-state index >= 15 is 0 Å². The van der Waals surface area contributed by atoms with Gasteiger partial charge in [0.05, 0.1) is 16.1 Å². The van der Waals surface area contributed by atoms with Gasteiger partial charge in [-0.15, -0.1) is 0 Å². The average molecular weight is 492 g/mol. The molecule has 3 heterocycles. The van der Waals surface area contributed by atoms with Crippen molar-refractivity contribution in [3.63, 3.8) is 0 Å². The molecule has 0 atom stereocenters. The molecule has 1 amide bonds. The summed E-state index contributed by atoms with van der Waals surface area (Å²) in [5.74, 6) is 0.644. The molecule has 0 saturated carbocycles. The molecule has 2 fully saturated rings. The zero-order valence-electron chi connectivity index (χ0n) is 18.9. The summed E-state index contributed by atoms with van der Waals surface area (Å²) in [6.45, 7) is 5.89. The molecule has 2 N–H and O–H groups in total. The molecule has 0 unspecified atom stereocenters. The number of halogens is 2. The van der Waals surface area contributed by atoms with Crippen LogP contribution in [0.1, 0.15) is 47.3 Å². The lowest BCUT2D eigenvalue weighted by Gasteiger charge is -2.41. The number of benzene rings is 1. The fraction of sp³-hybridized carbons (Fsp3) is 0.542. The molecule has 7 nitrogen and oxygen atoms in total. The number of anilines is 1. The molecule has 33 heavy (non-hydrogen) atoms. The van der Waals surface area contributed by atoms with Gasteiger partial charge in [0.2, 0.25) is 0 Å². The molecule has 0 aliphatic carbocycles. The summed E-state index contributed by atoms with van der Waals surface area (Å²) < 4.78 is 0. The number of carbonyl (C=O) groups is 1. The van der Waals surface area contributed by atoms with E-state index in [9.17, 15) is 9.90 Å². The van der Waals surface area contributed by atoms with E-state index in [0.29, 0.717) is 34.1 Å². The van der Waals surface area contributed by atoms with Crippen molar-refractivity contribution in [3.05, 3.63) is 51.4 Å². The van der Waals surface area contributed by atoms with Crippen LogP contribution in [0.3, 0.4) is 0 Å². The Hall–Kier alpha value is -1.93. The standard InChI is InChI=1S/C24H31Cl2N5O2/c1-16-22(24(33)31-10-5-18(6-11-31)30-12-7-19(32)8-13-30)28-15-29-23(16)27-9-4-17-2-3-20(25)21(26)14-17/h2-3,14-15,18-19,32H,4-13H2,1H3,(H,27,28,29). The predicted molar refractivity (Wildman–Crippen MR) is 131 cm³/mol. The molecule has 1 aromatic heterocycles. The van der Waals surface area contributed by atoms with E-state index in [2.05, 4.69) is 20.2 Å². The van der Waals surface area contributed by atoms with Gasteiger partial charge in [-0.3, -0.25) is 4.79 Å². The second kappa shape index (κ2) is 11.0. The SMILES string of the molecule is Cc1c(NCCc2ccc(Cl)c(Cl)c2)ncnc1C(=O)N1CCC(N2CCC(O)CC2)CC1. The molecule has 0 spiro atoms. The molecular formula is C24H31Cl2N5O2. The third-order valence-corrected chi connectivity index (χ3v) is 7.48. The second-order valence-electron chi connectivity index (χ2n) is 8.91. The Bertz CT molecular complexity index is 973. The summed E-state index contributed by atoms with van der Waals surface area (Å²) in [6.07, 6.45) is 5.66.